The number of rotatable bonds is 12. The Hall–Kier alpha value is -3.14. The van der Waals surface area contributed by atoms with Crippen molar-refractivity contribution in [2.75, 3.05) is 6.61 Å². The molecule has 0 spiro atoms. The van der Waals surface area contributed by atoms with Gasteiger partial charge in [0.15, 0.2) is 11.5 Å². The van der Waals surface area contributed by atoms with Crippen molar-refractivity contribution in [3.63, 3.8) is 0 Å². The molecule has 208 valence electrons. The number of ether oxygens (including phenoxy) is 5. The zero-order valence-electron chi connectivity index (χ0n) is 23.1. The molecule has 0 aliphatic rings. The van der Waals surface area contributed by atoms with Crippen molar-refractivity contribution in [2.24, 2.45) is 17.6 Å². The molecule has 10 heteroatoms. The SMILES string of the molecule is CCC(C)C(=O)Oc1ccc(C[C@H](N)C(=O)OC[C@H](C)OC(=O)OC(C)(C)C)cc1OC(=O)C(C)CC. The van der Waals surface area contributed by atoms with E-state index in [0.29, 0.717) is 18.4 Å². The summed E-state index contributed by atoms with van der Waals surface area (Å²) in [5, 5.41) is 0. The predicted octanol–water partition coefficient (Wildman–Crippen LogP) is 4.34. The smallest absolute Gasteiger partial charge is 0.461 e. The average Bonchev–Trinajstić information content (AvgIpc) is 2.81. The van der Waals surface area contributed by atoms with Gasteiger partial charge in [-0.25, -0.2) is 4.79 Å². The molecule has 0 bridgehead atoms. The van der Waals surface area contributed by atoms with Crippen LogP contribution in [0.2, 0.25) is 0 Å². The minimum absolute atomic E-state index is 0.0631. The highest BCUT2D eigenvalue weighted by atomic mass is 16.7. The number of nitrogens with two attached hydrogens (primary N) is 1. The number of benzene rings is 1. The maximum atomic E-state index is 12.4. The molecule has 2 N–H and O–H groups in total. The summed E-state index contributed by atoms with van der Waals surface area (Å²) in [4.78, 5) is 48.8. The highest BCUT2D eigenvalue weighted by Crippen LogP contribution is 2.31. The van der Waals surface area contributed by atoms with E-state index in [-0.39, 0.29) is 36.4 Å². The van der Waals surface area contributed by atoms with E-state index in [2.05, 4.69) is 0 Å². The zero-order chi connectivity index (χ0) is 28.3. The first-order valence-corrected chi connectivity index (χ1v) is 12.5. The Morgan fingerprint density at radius 2 is 1.41 bits per heavy atom. The molecule has 2 unspecified atom stereocenters. The molecule has 0 saturated heterocycles. The minimum Gasteiger partial charge on any atom is -0.461 e. The fourth-order valence-corrected chi connectivity index (χ4v) is 2.71. The third-order valence-corrected chi connectivity index (χ3v) is 5.36. The van der Waals surface area contributed by atoms with Crippen molar-refractivity contribution in [2.45, 2.75) is 92.4 Å². The van der Waals surface area contributed by atoms with E-state index >= 15 is 0 Å². The maximum Gasteiger partial charge on any atom is 0.509 e. The van der Waals surface area contributed by atoms with Gasteiger partial charge < -0.3 is 29.4 Å². The van der Waals surface area contributed by atoms with Gasteiger partial charge in [-0.05, 0) is 64.7 Å². The lowest BCUT2D eigenvalue weighted by atomic mass is 10.1. The van der Waals surface area contributed by atoms with E-state index < -0.39 is 41.8 Å². The van der Waals surface area contributed by atoms with E-state index in [9.17, 15) is 19.2 Å². The van der Waals surface area contributed by atoms with Crippen LogP contribution in [0.25, 0.3) is 0 Å². The molecule has 0 aromatic heterocycles. The van der Waals surface area contributed by atoms with Crippen LogP contribution < -0.4 is 15.2 Å². The second-order valence-corrected chi connectivity index (χ2v) is 10.1. The first-order chi connectivity index (χ1) is 17.2. The quantitative estimate of drug-likeness (QED) is 0.311. The first-order valence-electron chi connectivity index (χ1n) is 12.5. The fourth-order valence-electron chi connectivity index (χ4n) is 2.71. The summed E-state index contributed by atoms with van der Waals surface area (Å²) in [5.41, 5.74) is 5.88. The Kier molecular flexibility index (Phi) is 12.6. The molecule has 4 atom stereocenters. The van der Waals surface area contributed by atoms with Crippen molar-refractivity contribution in [1.29, 1.82) is 0 Å². The fraction of sp³-hybridized carbons (Fsp3) is 0.630. The second-order valence-electron chi connectivity index (χ2n) is 10.1. The Bertz CT molecular complexity index is 938. The molecule has 0 fully saturated rings. The largest absolute Gasteiger partial charge is 0.509 e. The van der Waals surface area contributed by atoms with E-state index in [1.54, 1.807) is 47.6 Å². The molecule has 0 radical (unpaired) electrons. The summed E-state index contributed by atoms with van der Waals surface area (Å²) >= 11 is 0. The molecule has 0 aliphatic heterocycles. The van der Waals surface area contributed by atoms with Gasteiger partial charge in [-0.1, -0.05) is 33.8 Å². The van der Waals surface area contributed by atoms with Crippen molar-refractivity contribution in [3.05, 3.63) is 23.8 Å². The molecule has 0 aliphatic carbocycles. The van der Waals surface area contributed by atoms with Crippen LogP contribution in [0.1, 0.15) is 73.8 Å². The van der Waals surface area contributed by atoms with Crippen LogP contribution in [0.4, 0.5) is 4.79 Å². The van der Waals surface area contributed by atoms with Gasteiger partial charge in [-0.15, -0.1) is 0 Å². The normalized spacial score (nSPS) is 14.5. The van der Waals surface area contributed by atoms with Crippen molar-refractivity contribution in [1.82, 2.24) is 0 Å². The number of esters is 3. The molecule has 0 amide bonds. The number of carbonyl (C=O) groups excluding carboxylic acids is 4. The van der Waals surface area contributed by atoms with Crippen LogP contribution >= 0.6 is 0 Å². The molecule has 1 aromatic carbocycles. The van der Waals surface area contributed by atoms with Gasteiger partial charge in [-0.2, -0.15) is 0 Å². The summed E-state index contributed by atoms with van der Waals surface area (Å²) in [7, 11) is 0. The van der Waals surface area contributed by atoms with Crippen LogP contribution in [0.5, 0.6) is 11.5 Å². The first kappa shape index (κ1) is 31.9. The van der Waals surface area contributed by atoms with Gasteiger partial charge in [-0.3, -0.25) is 14.4 Å². The summed E-state index contributed by atoms with van der Waals surface area (Å²) in [6.07, 6.45) is -0.371. The number of hydrogen-bond acceptors (Lipinski definition) is 10. The van der Waals surface area contributed by atoms with E-state index in [4.69, 9.17) is 29.4 Å². The Morgan fingerprint density at radius 1 is 0.865 bits per heavy atom. The predicted molar refractivity (Wildman–Crippen MR) is 136 cm³/mol. The number of hydrogen-bond donors (Lipinski definition) is 1. The molecule has 0 heterocycles. The number of carbonyl (C=O) groups is 4. The summed E-state index contributed by atoms with van der Waals surface area (Å²) in [5.74, 6) is -2.13. The third kappa shape index (κ3) is 11.6. The average molecular weight is 524 g/mol. The van der Waals surface area contributed by atoms with Crippen LogP contribution in [0, 0.1) is 11.8 Å². The van der Waals surface area contributed by atoms with Gasteiger partial charge in [0.05, 0.1) is 11.8 Å². The Labute approximate surface area is 219 Å². The highest BCUT2D eigenvalue weighted by molar-refractivity contribution is 5.79. The Morgan fingerprint density at radius 3 is 1.92 bits per heavy atom. The zero-order valence-corrected chi connectivity index (χ0v) is 23.1. The van der Waals surface area contributed by atoms with Crippen molar-refractivity contribution < 1.29 is 42.9 Å². The lowest BCUT2D eigenvalue weighted by Crippen LogP contribution is -2.36. The van der Waals surface area contributed by atoms with E-state index in [1.807, 2.05) is 13.8 Å². The lowest BCUT2D eigenvalue weighted by Gasteiger charge is -2.21. The third-order valence-electron chi connectivity index (χ3n) is 5.36. The van der Waals surface area contributed by atoms with Crippen molar-refractivity contribution in [3.8, 4) is 11.5 Å². The second kappa shape index (κ2) is 14.6. The molecule has 1 rings (SSSR count). The lowest BCUT2D eigenvalue weighted by molar-refractivity contribution is -0.148. The maximum absolute atomic E-state index is 12.4. The molecule has 1 aromatic rings. The summed E-state index contributed by atoms with van der Waals surface area (Å²) in [6, 6.07) is 3.60. The molecule has 10 nitrogen and oxygen atoms in total. The topological polar surface area (TPSA) is 140 Å². The van der Waals surface area contributed by atoms with Crippen LogP contribution in [0.15, 0.2) is 18.2 Å². The monoisotopic (exact) mass is 523 g/mol. The van der Waals surface area contributed by atoms with Crippen molar-refractivity contribution >= 4 is 24.1 Å². The van der Waals surface area contributed by atoms with Gasteiger partial charge >= 0.3 is 24.1 Å². The minimum atomic E-state index is -1.04. The van der Waals surface area contributed by atoms with Crippen LogP contribution in [-0.2, 0) is 35.0 Å². The standard InChI is InChI=1S/C27H41NO9/c1-9-16(3)23(29)35-21-12-11-19(14-22(21)36-24(30)17(4)10-2)13-20(28)25(31)33-15-18(5)34-26(32)37-27(6,7)8/h11-12,14,16-18,20H,9-10,13,15,28H2,1-8H3/t16?,17?,18-,20-/m0/s1. The molecule has 37 heavy (non-hydrogen) atoms. The molecular weight excluding hydrogens is 482 g/mol. The van der Waals surface area contributed by atoms with Crippen LogP contribution in [-0.4, -0.2) is 48.4 Å². The summed E-state index contributed by atoms with van der Waals surface area (Å²) < 4.78 is 26.3. The van der Waals surface area contributed by atoms with Gasteiger partial charge in [0, 0.05) is 0 Å². The highest BCUT2D eigenvalue weighted by Gasteiger charge is 2.24. The summed E-state index contributed by atoms with van der Waals surface area (Å²) in [6.45, 7) is 13.7. The molecular formula is C27H41NO9. The van der Waals surface area contributed by atoms with E-state index in [0.717, 1.165) is 0 Å². The molecule has 0 saturated carbocycles. The Balaban J connectivity index is 2.87. The van der Waals surface area contributed by atoms with Gasteiger partial charge in [0.2, 0.25) is 0 Å². The van der Waals surface area contributed by atoms with Crippen LogP contribution in [0.3, 0.4) is 0 Å². The van der Waals surface area contributed by atoms with E-state index in [1.165, 1.54) is 12.1 Å². The van der Waals surface area contributed by atoms with Gasteiger partial charge in [0.1, 0.15) is 24.4 Å². The van der Waals surface area contributed by atoms with Gasteiger partial charge in [0.25, 0.3) is 0 Å².